The molecular formula is C11H20N2OS. The number of hydrogen-bond acceptors (Lipinski definition) is 4. The minimum Gasteiger partial charge on any atom is -0.393 e. The number of aryl methyl sites for hydroxylation is 2. The molecular weight excluding hydrogens is 208 g/mol. The first kappa shape index (κ1) is 12.6. The first-order chi connectivity index (χ1) is 6.99. The van der Waals surface area contributed by atoms with E-state index in [1.807, 2.05) is 13.8 Å². The normalized spacial score (nSPS) is 13.5. The molecule has 1 atom stereocenters. The zero-order chi connectivity index (χ0) is 11.4. The molecule has 3 nitrogen and oxygen atoms in total. The minimum absolute atomic E-state index is 0.216. The second-order valence-corrected chi connectivity index (χ2v) is 5.41. The quantitative estimate of drug-likeness (QED) is 0.837. The number of hydrogen-bond donors (Lipinski definition) is 1. The summed E-state index contributed by atoms with van der Waals surface area (Å²) in [7, 11) is 2.06. The molecule has 0 aromatic carbocycles. The SMILES string of the molecule is Cc1nc(CN(C)CCC(C)O)sc1C. The summed E-state index contributed by atoms with van der Waals surface area (Å²) in [5.74, 6) is 0. The van der Waals surface area contributed by atoms with Crippen LogP contribution in [0.2, 0.25) is 0 Å². The molecule has 0 saturated carbocycles. The van der Waals surface area contributed by atoms with Crippen molar-refractivity contribution in [2.75, 3.05) is 13.6 Å². The van der Waals surface area contributed by atoms with Crippen molar-refractivity contribution in [1.82, 2.24) is 9.88 Å². The number of aliphatic hydroxyl groups is 1. The van der Waals surface area contributed by atoms with Crippen LogP contribution in [0, 0.1) is 13.8 Å². The van der Waals surface area contributed by atoms with Crippen molar-refractivity contribution < 1.29 is 5.11 Å². The van der Waals surface area contributed by atoms with E-state index in [4.69, 9.17) is 0 Å². The lowest BCUT2D eigenvalue weighted by Gasteiger charge is -2.15. The topological polar surface area (TPSA) is 36.4 Å². The molecule has 1 aromatic rings. The van der Waals surface area contributed by atoms with Crippen LogP contribution < -0.4 is 0 Å². The molecule has 0 fully saturated rings. The van der Waals surface area contributed by atoms with Crippen LogP contribution in [-0.2, 0) is 6.54 Å². The maximum absolute atomic E-state index is 9.18. The van der Waals surface area contributed by atoms with Gasteiger partial charge in [-0.05, 0) is 34.2 Å². The summed E-state index contributed by atoms with van der Waals surface area (Å²) in [5, 5.41) is 10.3. The molecule has 4 heteroatoms. The van der Waals surface area contributed by atoms with E-state index in [1.54, 1.807) is 11.3 Å². The van der Waals surface area contributed by atoms with Gasteiger partial charge in [-0.15, -0.1) is 11.3 Å². The van der Waals surface area contributed by atoms with Gasteiger partial charge in [0, 0.05) is 11.4 Å². The smallest absolute Gasteiger partial charge is 0.107 e. The summed E-state index contributed by atoms with van der Waals surface area (Å²) in [6, 6.07) is 0. The van der Waals surface area contributed by atoms with Crippen LogP contribution in [0.4, 0.5) is 0 Å². The predicted molar refractivity (Wildman–Crippen MR) is 64.2 cm³/mol. The lowest BCUT2D eigenvalue weighted by Crippen LogP contribution is -2.21. The van der Waals surface area contributed by atoms with E-state index in [9.17, 15) is 5.11 Å². The maximum atomic E-state index is 9.18. The molecule has 1 unspecified atom stereocenters. The van der Waals surface area contributed by atoms with Crippen molar-refractivity contribution in [2.45, 2.75) is 39.8 Å². The van der Waals surface area contributed by atoms with Gasteiger partial charge in [-0.3, -0.25) is 4.90 Å². The fourth-order valence-corrected chi connectivity index (χ4v) is 2.34. The van der Waals surface area contributed by atoms with E-state index in [2.05, 4.69) is 23.9 Å². The molecule has 0 aliphatic heterocycles. The van der Waals surface area contributed by atoms with Crippen molar-refractivity contribution in [3.05, 3.63) is 15.6 Å². The van der Waals surface area contributed by atoms with Crippen molar-refractivity contribution in [3.8, 4) is 0 Å². The lowest BCUT2D eigenvalue weighted by molar-refractivity contribution is 0.163. The molecule has 0 aliphatic rings. The van der Waals surface area contributed by atoms with Gasteiger partial charge in [0.1, 0.15) is 5.01 Å². The Kier molecular flexibility index (Phi) is 4.70. The average Bonchev–Trinajstić information content (AvgIpc) is 2.42. The average molecular weight is 228 g/mol. The molecule has 1 aromatic heterocycles. The lowest BCUT2D eigenvalue weighted by atomic mass is 10.3. The van der Waals surface area contributed by atoms with Crippen molar-refractivity contribution in [1.29, 1.82) is 0 Å². The number of aliphatic hydroxyl groups excluding tert-OH is 1. The van der Waals surface area contributed by atoms with Crippen molar-refractivity contribution in [3.63, 3.8) is 0 Å². The molecule has 0 saturated heterocycles. The standard InChI is InChI=1S/C11H20N2OS/c1-8(14)5-6-13(4)7-11-12-9(2)10(3)15-11/h8,14H,5-7H2,1-4H3. The first-order valence-corrected chi connectivity index (χ1v) is 6.10. The Hall–Kier alpha value is -0.450. The van der Waals surface area contributed by atoms with Crippen LogP contribution in [0.5, 0.6) is 0 Å². The highest BCUT2D eigenvalue weighted by Gasteiger charge is 2.07. The largest absolute Gasteiger partial charge is 0.393 e. The first-order valence-electron chi connectivity index (χ1n) is 5.28. The zero-order valence-electron chi connectivity index (χ0n) is 9.95. The zero-order valence-corrected chi connectivity index (χ0v) is 10.8. The van der Waals surface area contributed by atoms with Crippen LogP contribution in [0.15, 0.2) is 0 Å². The second-order valence-electron chi connectivity index (χ2n) is 4.12. The van der Waals surface area contributed by atoms with Crippen molar-refractivity contribution in [2.24, 2.45) is 0 Å². The number of rotatable bonds is 5. The number of aromatic nitrogens is 1. The fourth-order valence-electron chi connectivity index (χ4n) is 1.32. The Morgan fingerprint density at radius 3 is 2.60 bits per heavy atom. The van der Waals surface area contributed by atoms with Gasteiger partial charge in [-0.1, -0.05) is 0 Å². The molecule has 0 spiro atoms. The summed E-state index contributed by atoms with van der Waals surface area (Å²) >= 11 is 1.76. The summed E-state index contributed by atoms with van der Waals surface area (Å²) in [6.45, 7) is 7.77. The monoisotopic (exact) mass is 228 g/mol. The van der Waals surface area contributed by atoms with E-state index in [0.717, 1.165) is 30.2 Å². The Bertz CT molecular complexity index is 290. The van der Waals surface area contributed by atoms with Gasteiger partial charge >= 0.3 is 0 Å². The van der Waals surface area contributed by atoms with E-state index < -0.39 is 0 Å². The van der Waals surface area contributed by atoms with Gasteiger partial charge in [-0.2, -0.15) is 0 Å². The fraction of sp³-hybridized carbons (Fsp3) is 0.727. The Morgan fingerprint density at radius 1 is 1.47 bits per heavy atom. The van der Waals surface area contributed by atoms with E-state index in [0.29, 0.717) is 0 Å². The molecule has 0 radical (unpaired) electrons. The minimum atomic E-state index is -0.216. The summed E-state index contributed by atoms with van der Waals surface area (Å²) < 4.78 is 0. The van der Waals surface area contributed by atoms with E-state index in [1.165, 1.54) is 4.88 Å². The molecule has 15 heavy (non-hydrogen) atoms. The van der Waals surface area contributed by atoms with Crippen LogP contribution >= 0.6 is 11.3 Å². The molecule has 86 valence electrons. The van der Waals surface area contributed by atoms with Gasteiger partial charge < -0.3 is 5.11 Å². The number of nitrogens with zero attached hydrogens (tertiary/aromatic N) is 2. The van der Waals surface area contributed by atoms with Crippen LogP contribution in [-0.4, -0.2) is 34.7 Å². The molecule has 0 aliphatic carbocycles. The van der Waals surface area contributed by atoms with Gasteiger partial charge in [0.15, 0.2) is 0 Å². The Labute approximate surface area is 95.8 Å². The highest BCUT2D eigenvalue weighted by molar-refractivity contribution is 7.11. The second kappa shape index (κ2) is 5.58. The van der Waals surface area contributed by atoms with Crippen molar-refractivity contribution >= 4 is 11.3 Å². The van der Waals surface area contributed by atoms with Gasteiger partial charge in [0.05, 0.1) is 18.3 Å². The highest BCUT2D eigenvalue weighted by atomic mass is 32.1. The molecule has 0 amide bonds. The molecule has 1 rings (SSSR count). The predicted octanol–water partition coefficient (Wildman–Crippen LogP) is 1.96. The molecule has 1 N–H and O–H groups in total. The van der Waals surface area contributed by atoms with Crippen LogP contribution in [0.3, 0.4) is 0 Å². The van der Waals surface area contributed by atoms with Crippen LogP contribution in [0.1, 0.15) is 28.9 Å². The van der Waals surface area contributed by atoms with Gasteiger partial charge in [0.2, 0.25) is 0 Å². The molecule has 1 heterocycles. The third-order valence-corrected chi connectivity index (χ3v) is 3.46. The summed E-state index contributed by atoms with van der Waals surface area (Å²) in [4.78, 5) is 7.99. The van der Waals surface area contributed by atoms with E-state index in [-0.39, 0.29) is 6.10 Å². The number of thiazole rings is 1. The van der Waals surface area contributed by atoms with E-state index >= 15 is 0 Å². The Balaban J connectivity index is 2.40. The third-order valence-electron chi connectivity index (χ3n) is 2.41. The highest BCUT2D eigenvalue weighted by Crippen LogP contribution is 2.17. The summed E-state index contributed by atoms with van der Waals surface area (Å²) in [5.41, 5.74) is 1.14. The third kappa shape index (κ3) is 4.28. The van der Waals surface area contributed by atoms with Gasteiger partial charge in [-0.25, -0.2) is 4.98 Å². The molecule has 0 bridgehead atoms. The summed E-state index contributed by atoms with van der Waals surface area (Å²) in [6.07, 6.45) is 0.604. The Morgan fingerprint density at radius 2 is 2.13 bits per heavy atom. The maximum Gasteiger partial charge on any atom is 0.107 e. The van der Waals surface area contributed by atoms with Crippen LogP contribution in [0.25, 0.3) is 0 Å². The van der Waals surface area contributed by atoms with Gasteiger partial charge in [0.25, 0.3) is 0 Å².